The van der Waals surface area contributed by atoms with Gasteiger partial charge in [-0.05, 0) is 36.3 Å². The third-order valence-corrected chi connectivity index (χ3v) is 3.52. The number of nitrogens with zero attached hydrogens (tertiary/aromatic N) is 1. The Hall–Kier alpha value is -1.38. The Morgan fingerprint density at radius 1 is 1.22 bits per heavy atom. The summed E-state index contributed by atoms with van der Waals surface area (Å²) >= 11 is 0. The zero-order valence-corrected chi connectivity index (χ0v) is 11.6. The first-order valence-corrected chi connectivity index (χ1v) is 6.84. The highest BCUT2D eigenvalue weighted by molar-refractivity contribution is 5.40. The van der Waals surface area contributed by atoms with E-state index in [0.717, 1.165) is 37.7 Å². The first kappa shape index (κ1) is 14.7. The Bertz CT molecular complexity index is 401. The van der Waals surface area contributed by atoms with Crippen LogP contribution >= 0.6 is 0 Å². The number of nitro benzene ring substituents is 1. The molecular weight excluding hydrogens is 226 g/mol. The molecule has 1 aromatic rings. The zero-order chi connectivity index (χ0) is 13.5. The van der Waals surface area contributed by atoms with Crippen LogP contribution in [0.4, 0.5) is 5.69 Å². The number of nitro groups is 1. The zero-order valence-electron chi connectivity index (χ0n) is 11.6. The first-order chi connectivity index (χ1) is 8.58. The number of non-ortho nitro benzene ring substituents is 1. The summed E-state index contributed by atoms with van der Waals surface area (Å²) in [5, 5.41) is 10.8. The van der Waals surface area contributed by atoms with Crippen LogP contribution in [0.2, 0.25) is 0 Å². The van der Waals surface area contributed by atoms with Crippen LogP contribution in [0.15, 0.2) is 18.2 Å². The van der Waals surface area contributed by atoms with Crippen LogP contribution in [0, 0.1) is 16.0 Å². The van der Waals surface area contributed by atoms with Gasteiger partial charge in [-0.15, -0.1) is 0 Å². The van der Waals surface area contributed by atoms with Gasteiger partial charge in [0.25, 0.3) is 5.69 Å². The van der Waals surface area contributed by atoms with E-state index in [1.807, 2.05) is 6.07 Å². The summed E-state index contributed by atoms with van der Waals surface area (Å²) in [5.74, 6) is 0.679. The third kappa shape index (κ3) is 4.13. The summed E-state index contributed by atoms with van der Waals surface area (Å²) in [6.45, 7) is 6.56. The molecule has 0 saturated carbocycles. The van der Waals surface area contributed by atoms with Gasteiger partial charge >= 0.3 is 0 Å². The second-order valence-electron chi connectivity index (χ2n) is 5.01. The normalized spacial score (nSPS) is 12.4. The fraction of sp³-hybridized carbons (Fsp3) is 0.600. The number of rotatable bonds is 7. The molecule has 1 aromatic carbocycles. The Labute approximate surface area is 109 Å². The van der Waals surface area contributed by atoms with Gasteiger partial charge in [0.1, 0.15) is 0 Å². The van der Waals surface area contributed by atoms with Crippen molar-refractivity contribution >= 4 is 5.69 Å². The summed E-state index contributed by atoms with van der Waals surface area (Å²) in [6.07, 6.45) is 5.31. The molecule has 0 bridgehead atoms. The average Bonchev–Trinajstić information content (AvgIpc) is 2.37. The van der Waals surface area contributed by atoms with Crippen LogP contribution < -0.4 is 0 Å². The van der Waals surface area contributed by atoms with Crippen molar-refractivity contribution in [3.8, 4) is 0 Å². The maximum atomic E-state index is 10.8. The van der Waals surface area contributed by atoms with Gasteiger partial charge in [0.05, 0.1) is 4.92 Å². The molecular formula is C15H23NO2. The lowest BCUT2D eigenvalue weighted by atomic mass is 9.94. The van der Waals surface area contributed by atoms with Gasteiger partial charge in [-0.3, -0.25) is 10.1 Å². The highest BCUT2D eigenvalue weighted by atomic mass is 16.6. The fourth-order valence-corrected chi connectivity index (χ4v) is 2.08. The van der Waals surface area contributed by atoms with Crippen molar-refractivity contribution in [3.05, 3.63) is 39.4 Å². The summed E-state index contributed by atoms with van der Waals surface area (Å²) in [6, 6.07) is 5.30. The molecule has 0 aliphatic carbocycles. The summed E-state index contributed by atoms with van der Waals surface area (Å²) in [4.78, 5) is 10.5. The van der Waals surface area contributed by atoms with E-state index in [0.29, 0.717) is 5.92 Å². The van der Waals surface area contributed by atoms with Crippen molar-refractivity contribution in [3.63, 3.8) is 0 Å². The molecule has 18 heavy (non-hydrogen) atoms. The molecule has 0 saturated heterocycles. The standard InChI is InChI=1S/C15H23NO2/c1-4-6-13-9-10-15(16(17)18)11-14(13)8-7-12(3)5-2/h9-12H,4-8H2,1-3H3. The lowest BCUT2D eigenvalue weighted by molar-refractivity contribution is -0.384. The maximum absolute atomic E-state index is 10.8. The van der Waals surface area contributed by atoms with E-state index in [2.05, 4.69) is 20.8 Å². The quantitative estimate of drug-likeness (QED) is 0.526. The molecule has 100 valence electrons. The highest BCUT2D eigenvalue weighted by Gasteiger charge is 2.11. The van der Waals surface area contributed by atoms with Gasteiger partial charge in [0.2, 0.25) is 0 Å². The molecule has 0 N–H and O–H groups in total. The number of benzene rings is 1. The van der Waals surface area contributed by atoms with E-state index < -0.39 is 0 Å². The van der Waals surface area contributed by atoms with Gasteiger partial charge in [-0.2, -0.15) is 0 Å². The minimum atomic E-state index is -0.303. The van der Waals surface area contributed by atoms with Crippen LogP contribution in [-0.4, -0.2) is 4.92 Å². The van der Waals surface area contributed by atoms with Crippen molar-refractivity contribution < 1.29 is 4.92 Å². The van der Waals surface area contributed by atoms with Crippen LogP contribution in [-0.2, 0) is 12.8 Å². The monoisotopic (exact) mass is 249 g/mol. The van der Waals surface area contributed by atoms with Crippen molar-refractivity contribution in [2.24, 2.45) is 5.92 Å². The van der Waals surface area contributed by atoms with Crippen LogP contribution in [0.3, 0.4) is 0 Å². The predicted octanol–water partition coefficient (Wildman–Crippen LogP) is 4.53. The largest absolute Gasteiger partial charge is 0.269 e. The van der Waals surface area contributed by atoms with Crippen LogP contribution in [0.1, 0.15) is 51.2 Å². The van der Waals surface area contributed by atoms with E-state index in [-0.39, 0.29) is 10.6 Å². The van der Waals surface area contributed by atoms with Crippen molar-refractivity contribution in [2.75, 3.05) is 0 Å². The Morgan fingerprint density at radius 2 is 1.94 bits per heavy atom. The van der Waals surface area contributed by atoms with Gasteiger partial charge in [-0.1, -0.05) is 39.7 Å². The van der Waals surface area contributed by atoms with Gasteiger partial charge < -0.3 is 0 Å². The second-order valence-corrected chi connectivity index (χ2v) is 5.01. The second kappa shape index (κ2) is 7.14. The first-order valence-electron chi connectivity index (χ1n) is 6.84. The van der Waals surface area contributed by atoms with E-state index in [1.165, 1.54) is 5.56 Å². The lowest BCUT2D eigenvalue weighted by Crippen LogP contribution is -2.01. The molecule has 1 rings (SSSR count). The molecule has 0 heterocycles. The average molecular weight is 249 g/mol. The maximum Gasteiger partial charge on any atom is 0.269 e. The van der Waals surface area contributed by atoms with E-state index >= 15 is 0 Å². The summed E-state index contributed by atoms with van der Waals surface area (Å²) in [5.41, 5.74) is 2.65. The topological polar surface area (TPSA) is 43.1 Å². The molecule has 0 aliphatic heterocycles. The summed E-state index contributed by atoms with van der Waals surface area (Å²) < 4.78 is 0. The molecule has 3 nitrogen and oxygen atoms in total. The third-order valence-electron chi connectivity index (χ3n) is 3.52. The van der Waals surface area contributed by atoms with Gasteiger partial charge in [-0.25, -0.2) is 0 Å². The van der Waals surface area contributed by atoms with Gasteiger partial charge in [0.15, 0.2) is 0 Å². The van der Waals surface area contributed by atoms with E-state index in [1.54, 1.807) is 12.1 Å². The molecule has 3 heteroatoms. The van der Waals surface area contributed by atoms with Gasteiger partial charge in [0, 0.05) is 12.1 Å². The van der Waals surface area contributed by atoms with Crippen LogP contribution in [0.25, 0.3) is 0 Å². The number of hydrogen-bond acceptors (Lipinski definition) is 2. The van der Waals surface area contributed by atoms with Crippen molar-refractivity contribution in [2.45, 2.75) is 52.9 Å². The number of aryl methyl sites for hydroxylation is 2. The predicted molar refractivity (Wildman–Crippen MR) is 74.9 cm³/mol. The molecule has 0 amide bonds. The lowest BCUT2D eigenvalue weighted by Gasteiger charge is -2.11. The highest BCUT2D eigenvalue weighted by Crippen LogP contribution is 2.22. The molecule has 0 spiro atoms. The van der Waals surface area contributed by atoms with E-state index in [4.69, 9.17) is 0 Å². The molecule has 0 radical (unpaired) electrons. The molecule has 0 aliphatic rings. The smallest absolute Gasteiger partial charge is 0.258 e. The molecule has 1 atom stereocenters. The van der Waals surface area contributed by atoms with E-state index in [9.17, 15) is 10.1 Å². The van der Waals surface area contributed by atoms with Crippen molar-refractivity contribution in [1.29, 1.82) is 0 Å². The van der Waals surface area contributed by atoms with Crippen molar-refractivity contribution in [1.82, 2.24) is 0 Å². The molecule has 0 fully saturated rings. The minimum absolute atomic E-state index is 0.217. The molecule has 0 aromatic heterocycles. The fourth-order valence-electron chi connectivity index (χ4n) is 2.08. The molecule has 1 unspecified atom stereocenters. The summed E-state index contributed by atoms with van der Waals surface area (Å²) in [7, 11) is 0. The number of hydrogen-bond donors (Lipinski definition) is 0. The minimum Gasteiger partial charge on any atom is -0.258 e. The Morgan fingerprint density at radius 3 is 2.50 bits per heavy atom. The Kier molecular flexibility index (Phi) is 5.83. The van der Waals surface area contributed by atoms with Crippen LogP contribution in [0.5, 0.6) is 0 Å². The SMILES string of the molecule is CCCc1ccc([N+](=O)[O-])cc1CCC(C)CC. The Balaban J connectivity index is 2.88.